The summed E-state index contributed by atoms with van der Waals surface area (Å²) in [5.41, 5.74) is 0.800. The molecule has 0 fully saturated rings. The predicted octanol–water partition coefficient (Wildman–Crippen LogP) is 1.77. The van der Waals surface area contributed by atoms with E-state index in [0.29, 0.717) is 19.5 Å². The first-order valence-corrected chi connectivity index (χ1v) is 7.36. The van der Waals surface area contributed by atoms with Crippen LogP contribution in [0.3, 0.4) is 0 Å². The van der Waals surface area contributed by atoms with Crippen molar-refractivity contribution in [2.24, 2.45) is 0 Å². The van der Waals surface area contributed by atoms with Gasteiger partial charge in [-0.2, -0.15) is 0 Å². The van der Waals surface area contributed by atoms with E-state index in [1.807, 2.05) is 26.2 Å². The zero-order chi connectivity index (χ0) is 14.5. The quantitative estimate of drug-likeness (QED) is 0.801. The van der Waals surface area contributed by atoms with Crippen LogP contribution < -0.4 is 10.2 Å². The third-order valence-electron chi connectivity index (χ3n) is 2.95. The summed E-state index contributed by atoms with van der Waals surface area (Å²) < 4.78 is 0. The van der Waals surface area contributed by atoms with Crippen LogP contribution in [0.4, 0.5) is 5.13 Å². The predicted molar refractivity (Wildman–Crippen MR) is 78.4 cm³/mol. The average Bonchev–Trinajstić information content (AvgIpc) is 2.76. The van der Waals surface area contributed by atoms with E-state index >= 15 is 0 Å². The summed E-state index contributed by atoms with van der Waals surface area (Å²) in [4.78, 5) is 17.6. The first kappa shape index (κ1) is 16.1. The average molecular weight is 285 g/mol. The molecule has 0 bridgehead atoms. The van der Waals surface area contributed by atoms with E-state index in [2.05, 4.69) is 10.3 Å². The van der Waals surface area contributed by atoms with Crippen molar-refractivity contribution in [2.75, 3.05) is 18.1 Å². The topological polar surface area (TPSA) is 65.5 Å². The number of hydrogen-bond acceptors (Lipinski definition) is 5. The Balaban J connectivity index is 2.63. The van der Waals surface area contributed by atoms with Crippen LogP contribution in [0.2, 0.25) is 0 Å². The first-order valence-electron chi connectivity index (χ1n) is 6.48. The van der Waals surface area contributed by atoms with Gasteiger partial charge in [0, 0.05) is 37.5 Å². The smallest absolute Gasteiger partial charge is 0.225 e. The normalized spacial score (nSPS) is 11.6. The van der Waals surface area contributed by atoms with Crippen molar-refractivity contribution in [3.63, 3.8) is 0 Å². The van der Waals surface area contributed by atoms with E-state index in [-0.39, 0.29) is 18.1 Å². The van der Waals surface area contributed by atoms with E-state index in [1.54, 1.807) is 11.8 Å². The highest BCUT2D eigenvalue weighted by Crippen LogP contribution is 2.21. The molecule has 0 aromatic carbocycles. The van der Waals surface area contributed by atoms with Crippen LogP contribution >= 0.6 is 11.3 Å². The van der Waals surface area contributed by atoms with Crippen molar-refractivity contribution in [1.29, 1.82) is 0 Å². The van der Waals surface area contributed by atoms with Gasteiger partial charge in [0.25, 0.3) is 0 Å². The number of carbonyl (C=O) groups is 1. The summed E-state index contributed by atoms with van der Waals surface area (Å²) >= 11 is 1.48. The van der Waals surface area contributed by atoms with Gasteiger partial charge in [0.05, 0.1) is 5.69 Å². The number of anilines is 1. The van der Waals surface area contributed by atoms with Gasteiger partial charge in [-0.15, -0.1) is 11.3 Å². The number of aliphatic hydroxyl groups is 1. The van der Waals surface area contributed by atoms with Crippen molar-refractivity contribution in [2.45, 2.75) is 46.2 Å². The number of aromatic nitrogens is 1. The van der Waals surface area contributed by atoms with Crippen molar-refractivity contribution >= 4 is 22.4 Å². The molecule has 2 N–H and O–H groups in total. The Hall–Kier alpha value is -0.980. The van der Waals surface area contributed by atoms with Crippen molar-refractivity contribution < 1.29 is 9.90 Å². The number of hydrogen-bond donors (Lipinski definition) is 2. The summed E-state index contributed by atoms with van der Waals surface area (Å²) in [6.45, 7) is 9.01. The van der Waals surface area contributed by atoms with E-state index < -0.39 is 0 Å². The van der Waals surface area contributed by atoms with Crippen LogP contribution in [0.5, 0.6) is 0 Å². The zero-order valence-electron chi connectivity index (χ0n) is 12.1. The lowest BCUT2D eigenvalue weighted by Gasteiger charge is -2.24. The molecule has 0 aliphatic rings. The lowest BCUT2D eigenvalue weighted by molar-refractivity contribution is -0.116. The van der Waals surface area contributed by atoms with Crippen LogP contribution in [-0.4, -0.2) is 34.7 Å². The monoisotopic (exact) mass is 285 g/mol. The fraction of sp³-hybridized carbons (Fsp3) is 0.692. The van der Waals surface area contributed by atoms with Crippen molar-refractivity contribution in [3.8, 4) is 0 Å². The molecule has 5 nitrogen and oxygen atoms in total. The number of thiazole rings is 1. The van der Waals surface area contributed by atoms with Gasteiger partial charge in [-0.3, -0.25) is 9.69 Å². The molecule has 0 spiro atoms. The second-order valence-corrected chi connectivity index (χ2v) is 5.93. The van der Waals surface area contributed by atoms with Gasteiger partial charge >= 0.3 is 0 Å². The fourth-order valence-electron chi connectivity index (χ4n) is 1.69. The molecule has 0 unspecified atom stereocenters. The molecule has 1 aromatic heterocycles. The Morgan fingerprint density at radius 3 is 2.79 bits per heavy atom. The molecule has 1 aromatic rings. The molecule has 0 atom stereocenters. The van der Waals surface area contributed by atoms with Crippen LogP contribution in [0.1, 0.15) is 39.8 Å². The number of aliphatic hydroxyl groups excluding tert-OH is 1. The maximum Gasteiger partial charge on any atom is 0.225 e. The van der Waals surface area contributed by atoms with Crippen LogP contribution in [0.15, 0.2) is 5.38 Å². The molecule has 6 heteroatoms. The van der Waals surface area contributed by atoms with Gasteiger partial charge in [-0.25, -0.2) is 4.98 Å². The van der Waals surface area contributed by atoms with E-state index in [1.165, 1.54) is 11.3 Å². The fourth-order valence-corrected chi connectivity index (χ4v) is 2.62. The Morgan fingerprint density at radius 2 is 2.26 bits per heavy atom. The minimum Gasteiger partial charge on any atom is -0.396 e. The molecule has 1 amide bonds. The van der Waals surface area contributed by atoms with E-state index in [4.69, 9.17) is 5.11 Å². The first-order chi connectivity index (χ1) is 8.89. The molecular weight excluding hydrogens is 262 g/mol. The van der Waals surface area contributed by atoms with E-state index in [0.717, 1.165) is 10.8 Å². The van der Waals surface area contributed by atoms with Crippen molar-refractivity contribution in [3.05, 3.63) is 11.1 Å². The molecule has 0 saturated carbocycles. The minimum atomic E-state index is -0.121. The lowest BCUT2D eigenvalue weighted by atomic mass is 10.0. The molecule has 0 saturated heterocycles. The Labute approximate surface area is 118 Å². The number of carbonyl (C=O) groups excluding carboxylic acids is 1. The lowest BCUT2D eigenvalue weighted by Crippen LogP contribution is -2.39. The Morgan fingerprint density at radius 1 is 1.58 bits per heavy atom. The van der Waals surface area contributed by atoms with Gasteiger partial charge < -0.3 is 10.4 Å². The third kappa shape index (κ3) is 4.89. The van der Waals surface area contributed by atoms with Crippen LogP contribution in [-0.2, 0) is 11.3 Å². The zero-order valence-corrected chi connectivity index (χ0v) is 12.9. The Bertz CT molecular complexity index is 418. The highest BCUT2D eigenvalue weighted by molar-refractivity contribution is 7.14. The Kier molecular flexibility index (Phi) is 5.90. The molecule has 0 radical (unpaired) electrons. The summed E-state index contributed by atoms with van der Waals surface area (Å²) in [6, 6.07) is 0. The number of nitrogens with zero attached hydrogens (tertiary/aromatic N) is 2. The van der Waals surface area contributed by atoms with Gasteiger partial charge in [-0.05, 0) is 27.2 Å². The van der Waals surface area contributed by atoms with Gasteiger partial charge in [0.2, 0.25) is 5.91 Å². The van der Waals surface area contributed by atoms with Gasteiger partial charge in [0.1, 0.15) is 0 Å². The molecule has 1 rings (SSSR count). The standard InChI is InChI=1S/C13H23N3O2S/c1-5-16(10(2)18)12-15-11(9-19-12)8-14-13(3,4)6-7-17/h9,14,17H,5-8H2,1-4H3. The SMILES string of the molecule is CCN(C(C)=O)c1nc(CNC(C)(C)CCO)cs1. The largest absolute Gasteiger partial charge is 0.396 e. The summed E-state index contributed by atoms with van der Waals surface area (Å²) in [5.74, 6) is 0.0111. The second-order valence-electron chi connectivity index (χ2n) is 5.10. The van der Waals surface area contributed by atoms with Crippen molar-refractivity contribution in [1.82, 2.24) is 10.3 Å². The highest BCUT2D eigenvalue weighted by Gasteiger charge is 2.18. The maximum atomic E-state index is 11.4. The van der Waals surface area contributed by atoms with Crippen LogP contribution in [0.25, 0.3) is 0 Å². The molecular formula is C13H23N3O2S. The molecule has 0 aliphatic carbocycles. The number of nitrogens with one attached hydrogen (secondary N) is 1. The number of amides is 1. The molecule has 1 heterocycles. The van der Waals surface area contributed by atoms with E-state index in [9.17, 15) is 4.79 Å². The number of rotatable bonds is 7. The summed E-state index contributed by atoms with van der Waals surface area (Å²) in [6.07, 6.45) is 0.693. The molecule has 108 valence electrons. The highest BCUT2D eigenvalue weighted by atomic mass is 32.1. The third-order valence-corrected chi connectivity index (χ3v) is 3.86. The molecule has 19 heavy (non-hydrogen) atoms. The maximum absolute atomic E-state index is 11.4. The summed E-state index contributed by atoms with van der Waals surface area (Å²) in [7, 11) is 0. The second kappa shape index (κ2) is 6.98. The van der Waals surface area contributed by atoms with Crippen LogP contribution in [0, 0.1) is 0 Å². The molecule has 0 aliphatic heterocycles. The van der Waals surface area contributed by atoms with Gasteiger partial charge in [-0.1, -0.05) is 0 Å². The minimum absolute atomic E-state index is 0.0111. The summed E-state index contributed by atoms with van der Waals surface area (Å²) in [5, 5.41) is 15.0. The van der Waals surface area contributed by atoms with Gasteiger partial charge in [0.15, 0.2) is 5.13 Å².